The molecule has 0 saturated heterocycles. The quantitative estimate of drug-likeness (QED) is 0.821. The van der Waals surface area contributed by atoms with Gasteiger partial charge in [0.05, 0.1) is 11.4 Å². The van der Waals surface area contributed by atoms with E-state index in [1.54, 1.807) is 0 Å². The summed E-state index contributed by atoms with van der Waals surface area (Å²) >= 11 is 0. The topological polar surface area (TPSA) is 37.8 Å². The molecule has 2 rings (SSSR count). The van der Waals surface area contributed by atoms with Gasteiger partial charge in [-0.25, -0.2) is 4.98 Å². The Bertz CT molecular complexity index is 349. The van der Waals surface area contributed by atoms with Gasteiger partial charge in [-0.05, 0) is 32.6 Å². The van der Waals surface area contributed by atoms with Crippen molar-refractivity contribution in [3.05, 3.63) is 17.6 Å². The Kier molecular flexibility index (Phi) is 2.89. The van der Waals surface area contributed by atoms with E-state index in [-0.39, 0.29) is 0 Å². The highest BCUT2D eigenvalue weighted by molar-refractivity contribution is 5.42. The van der Waals surface area contributed by atoms with Gasteiger partial charge in [0, 0.05) is 12.2 Å². The molecule has 15 heavy (non-hydrogen) atoms. The van der Waals surface area contributed by atoms with Gasteiger partial charge in [-0.2, -0.15) is 0 Å². The summed E-state index contributed by atoms with van der Waals surface area (Å²) in [4.78, 5) is 8.78. The molecule has 0 aliphatic heterocycles. The third-order valence-corrected chi connectivity index (χ3v) is 2.98. The zero-order chi connectivity index (χ0) is 10.8. The van der Waals surface area contributed by atoms with Crippen LogP contribution in [0.1, 0.15) is 37.6 Å². The Hall–Kier alpha value is -1.12. The number of hydrogen-bond acceptors (Lipinski definition) is 3. The van der Waals surface area contributed by atoms with E-state index in [9.17, 15) is 0 Å². The fraction of sp³-hybridized carbons (Fsp3) is 0.667. The van der Waals surface area contributed by atoms with Gasteiger partial charge in [0.1, 0.15) is 5.82 Å². The fourth-order valence-corrected chi connectivity index (χ4v) is 1.96. The molecule has 0 bridgehead atoms. The summed E-state index contributed by atoms with van der Waals surface area (Å²) in [5.41, 5.74) is 1.98. The van der Waals surface area contributed by atoms with Crippen LogP contribution in [0, 0.1) is 19.8 Å². The number of anilines is 1. The van der Waals surface area contributed by atoms with Gasteiger partial charge in [-0.15, -0.1) is 0 Å². The van der Waals surface area contributed by atoms with Crippen molar-refractivity contribution in [1.29, 1.82) is 0 Å². The monoisotopic (exact) mass is 205 g/mol. The molecule has 1 saturated carbocycles. The van der Waals surface area contributed by atoms with Crippen LogP contribution in [-0.4, -0.2) is 16.0 Å². The van der Waals surface area contributed by atoms with E-state index in [0.29, 0.717) is 6.04 Å². The summed E-state index contributed by atoms with van der Waals surface area (Å²) in [6.07, 6.45) is 5.72. The molecule has 2 unspecified atom stereocenters. The van der Waals surface area contributed by atoms with E-state index in [0.717, 1.165) is 23.1 Å². The number of nitrogens with one attached hydrogen (secondary N) is 1. The smallest absolute Gasteiger partial charge is 0.147 e. The summed E-state index contributed by atoms with van der Waals surface area (Å²) in [6.45, 7) is 6.23. The van der Waals surface area contributed by atoms with Gasteiger partial charge < -0.3 is 5.32 Å². The van der Waals surface area contributed by atoms with Crippen LogP contribution in [0.2, 0.25) is 0 Å². The summed E-state index contributed by atoms with van der Waals surface area (Å²) in [5, 5.41) is 3.49. The van der Waals surface area contributed by atoms with Crippen LogP contribution < -0.4 is 5.32 Å². The molecule has 1 aliphatic rings. The second-order valence-electron chi connectivity index (χ2n) is 4.48. The van der Waals surface area contributed by atoms with E-state index < -0.39 is 0 Å². The minimum absolute atomic E-state index is 0.639. The molecule has 1 fully saturated rings. The molecule has 0 radical (unpaired) electrons. The molecule has 1 aliphatic carbocycles. The van der Waals surface area contributed by atoms with Crippen molar-refractivity contribution < 1.29 is 0 Å². The van der Waals surface area contributed by atoms with Gasteiger partial charge in [0.25, 0.3) is 0 Å². The van der Waals surface area contributed by atoms with Crippen LogP contribution in [0.15, 0.2) is 6.20 Å². The standard InChI is InChI=1S/C12H19N3/c1-4-5-10-6-11(10)15-12-9(3)13-7-8(2)14-12/h7,10-11H,4-6H2,1-3H3,(H,14,15). The molecule has 82 valence electrons. The van der Waals surface area contributed by atoms with Gasteiger partial charge in [-0.3, -0.25) is 4.98 Å². The zero-order valence-corrected chi connectivity index (χ0v) is 9.75. The van der Waals surface area contributed by atoms with Crippen LogP contribution in [0.3, 0.4) is 0 Å². The zero-order valence-electron chi connectivity index (χ0n) is 9.75. The molecular formula is C12H19N3. The van der Waals surface area contributed by atoms with Gasteiger partial charge in [0.15, 0.2) is 0 Å². The molecule has 1 aromatic rings. The Morgan fingerprint density at radius 3 is 3.00 bits per heavy atom. The second-order valence-corrected chi connectivity index (χ2v) is 4.48. The first-order valence-corrected chi connectivity index (χ1v) is 5.77. The largest absolute Gasteiger partial charge is 0.366 e. The summed E-state index contributed by atoms with van der Waals surface area (Å²) < 4.78 is 0. The predicted molar refractivity (Wildman–Crippen MR) is 61.9 cm³/mol. The molecule has 3 nitrogen and oxygen atoms in total. The van der Waals surface area contributed by atoms with Crippen molar-refractivity contribution >= 4 is 5.82 Å². The van der Waals surface area contributed by atoms with Gasteiger partial charge in [-0.1, -0.05) is 13.3 Å². The maximum absolute atomic E-state index is 4.47. The third-order valence-electron chi connectivity index (χ3n) is 2.98. The normalized spacial score (nSPS) is 23.9. The van der Waals surface area contributed by atoms with Crippen LogP contribution in [0.25, 0.3) is 0 Å². The molecule has 0 spiro atoms. The van der Waals surface area contributed by atoms with Crippen molar-refractivity contribution in [1.82, 2.24) is 9.97 Å². The lowest BCUT2D eigenvalue weighted by Crippen LogP contribution is -2.09. The molecule has 0 aromatic carbocycles. The van der Waals surface area contributed by atoms with Crippen LogP contribution in [0.4, 0.5) is 5.82 Å². The average molecular weight is 205 g/mol. The first kappa shape index (κ1) is 10.4. The van der Waals surface area contributed by atoms with E-state index in [2.05, 4.69) is 22.2 Å². The number of hydrogen-bond donors (Lipinski definition) is 1. The maximum Gasteiger partial charge on any atom is 0.147 e. The van der Waals surface area contributed by atoms with Crippen LogP contribution in [-0.2, 0) is 0 Å². The summed E-state index contributed by atoms with van der Waals surface area (Å²) in [5.74, 6) is 1.83. The van der Waals surface area contributed by atoms with E-state index >= 15 is 0 Å². The van der Waals surface area contributed by atoms with E-state index in [1.165, 1.54) is 19.3 Å². The van der Waals surface area contributed by atoms with Gasteiger partial charge in [0.2, 0.25) is 0 Å². The van der Waals surface area contributed by atoms with Crippen LogP contribution >= 0.6 is 0 Å². The molecule has 1 heterocycles. The average Bonchev–Trinajstić information content (AvgIpc) is 2.91. The van der Waals surface area contributed by atoms with Crippen molar-refractivity contribution in [3.8, 4) is 0 Å². The fourth-order valence-electron chi connectivity index (χ4n) is 1.96. The lowest BCUT2D eigenvalue weighted by molar-refractivity contribution is 0.691. The lowest BCUT2D eigenvalue weighted by atomic mass is 10.2. The lowest BCUT2D eigenvalue weighted by Gasteiger charge is -2.07. The van der Waals surface area contributed by atoms with E-state index in [4.69, 9.17) is 0 Å². The Balaban J connectivity index is 1.97. The highest BCUT2D eigenvalue weighted by Gasteiger charge is 2.36. The highest BCUT2D eigenvalue weighted by atomic mass is 15.1. The van der Waals surface area contributed by atoms with Crippen molar-refractivity contribution in [2.45, 2.75) is 46.1 Å². The molecule has 1 aromatic heterocycles. The Morgan fingerprint density at radius 1 is 1.47 bits per heavy atom. The van der Waals surface area contributed by atoms with Crippen molar-refractivity contribution in [2.75, 3.05) is 5.32 Å². The molecule has 3 heteroatoms. The summed E-state index contributed by atoms with van der Waals surface area (Å²) in [7, 11) is 0. The maximum atomic E-state index is 4.47. The Morgan fingerprint density at radius 2 is 2.27 bits per heavy atom. The van der Waals surface area contributed by atoms with Crippen LogP contribution in [0.5, 0.6) is 0 Å². The van der Waals surface area contributed by atoms with Gasteiger partial charge >= 0.3 is 0 Å². The third kappa shape index (κ3) is 2.46. The number of nitrogens with zero attached hydrogens (tertiary/aromatic N) is 2. The Labute approximate surface area is 91.3 Å². The first-order valence-electron chi connectivity index (χ1n) is 5.77. The molecular weight excluding hydrogens is 186 g/mol. The molecule has 0 amide bonds. The van der Waals surface area contributed by atoms with Crippen molar-refractivity contribution in [2.24, 2.45) is 5.92 Å². The van der Waals surface area contributed by atoms with E-state index in [1.807, 2.05) is 20.0 Å². The number of rotatable bonds is 4. The summed E-state index contributed by atoms with van der Waals surface area (Å²) in [6, 6.07) is 0.639. The predicted octanol–water partition coefficient (Wildman–Crippen LogP) is 2.69. The number of aryl methyl sites for hydroxylation is 2. The molecule has 1 N–H and O–H groups in total. The SMILES string of the molecule is CCCC1CC1Nc1nc(C)cnc1C. The second kappa shape index (κ2) is 4.17. The minimum Gasteiger partial charge on any atom is -0.366 e. The molecule has 2 atom stereocenters. The first-order chi connectivity index (χ1) is 7.20. The minimum atomic E-state index is 0.639. The highest BCUT2D eigenvalue weighted by Crippen LogP contribution is 2.37. The van der Waals surface area contributed by atoms with Crippen molar-refractivity contribution in [3.63, 3.8) is 0 Å². The number of aromatic nitrogens is 2.